The zero-order valence-electron chi connectivity index (χ0n) is 9.82. The van der Waals surface area contributed by atoms with Crippen LogP contribution in [-0.2, 0) is 0 Å². The van der Waals surface area contributed by atoms with Crippen molar-refractivity contribution in [2.24, 2.45) is 0 Å². The Balaban J connectivity index is 2.12. The van der Waals surface area contributed by atoms with Crippen LogP contribution >= 0.6 is 11.6 Å². The van der Waals surface area contributed by atoms with Crippen molar-refractivity contribution < 1.29 is 0 Å². The lowest BCUT2D eigenvalue weighted by molar-refractivity contribution is 0.445. The summed E-state index contributed by atoms with van der Waals surface area (Å²) in [4.78, 5) is 4.53. The van der Waals surface area contributed by atoms with E-state index < -0.39 is 0 Å². The van der Waals surface area contributed by atoms with Gasteiger partial charge in [-0.3, -0.25) is 4.98 Å². The highest BCUT2D eigenvalue weighted by Crippen LogP contribution is 2.37. The average molecular weight is 246 g/mol. The molecule has 2 heteroatoms. The highest BCUT2D eigenvalue weighted by molar-refractivity contribution is 6.35. The fourth-order valence-corrected chi connectivity index (χ4v) is 3.12. The van der Waals surface area contributed by atoms with Crippen LogP contribution in [0.4, 0.5) is 0 Å². The number of halogens is 1. The maximum Gasteiger partial charge on any atom is 0.0751 e. The van der Waals surface area contributed by atoms with Crippen molar-refractivity contribution in [2.45, 2.75) is 38.0 Å². The highest BCUT2D eigenvalue weighted by atomic mass is 35.5. The van der Waals surface area contributed by atoms with E-state index in [4.69, 9.17) is 11.6 Å². The van der Waals surface area contributed by atoms with Crippen molar-refractivity contribution in [3.05, 3.63) is 41.0 Å². The third-order valence-electron chi connectivity index (χ3n) is 3.79. The summed E-state index contributed by atoms with van der Waals surface area (Å²) in [5.41, 5.74) is 2.50. The molecule has 0 unspecified atom stereocenters. The molecule has 0 aliphatic heterocycles. The maximum absolute atomic E-state index is 6.23. The monoisotopic (exact) mass is 245 g/mol. The molecule has 1 saturated carbocycles. The Bertz CT molecular complexity index is 529. The minimum atomic E-state index is 0.679. The van der Waals surface area contributed by atoms with Gasteiger partial charge in [0.15, 0.2) is 0 Å². The molecule has 0 bridgehead atoms. The van der Waals surface area contributed by atoms with Crippen LogP contribution in [-0.4, -0.2) is 4.98 Å². The molecule has 1 heterocycles. The standard InChI is InChI=1S/C15H16ClN/c16-14-9-8-12(11-5-2-1-3-6-11)15-13(14)7-4-10-17-15/h4,7-11H,1-3,5-6H2. The van der Waals surface area contributed by atoms with E-state index in [1.54, 1.807) is 0 Å². The van der Waals surface area contributed by atoms with E-state index in [1.165, 1.54) is 37.7 Å². The molecule has 2 aromatic rings. The highest BCUT2D eigenvalue weighted by Gasteiger charge is 2.18. The molecule has 0 spiro atoms. The Morgan fingerprint density at radius 3 is 2.71 bits per heavy atom. The first kappa shape index (κ1) is 11.0. The van der Waals surface area contributed by atoms with Gasteiger partial charge in [0.25, 0.3) is 0 Å². The Morgan fingerprint density at radius 1 is 1.06 bits per heavy atom. The lowest BCUT2D eigenvalue weighted by Crippen LogP contribution is -2.05. The first-order valence-electron chi connectivity index (χ1n) is 6.39. The lowest BCUT2D eigenvalue weighted by Gasteiger charge is -2.23. The summed E-state index contributed by atoms with van der Waals surface area (Å²) < 4.78 is 0. The third-order valence-corrected chi connectivity index (χ3v) is 4.12. The average Bonchev–Trinajstić information content (AvgIpc) is 2.41. The van der Waals surface area contributed by atoms with E-state index in [-0.39, 0.29) is 0 Å². The first-order chi connectivity index (χ1) is 8.36. The fourth-order valence-electron chi connectivity index (χ4n) is 2.90. The van der Waals surface area contributed by atoms with Crippen LogP contribution in [0.15, 0.2) is 30.5 Å². The van der Waals surface area contributed by atoms with Gasteiger partial charge in [-0.1, -0.05) is 36.9 Å². The van der Waals surface area contributed by atoms with E-state index in [0.717, 1.165) is 15.9 Å². The SMILES string of the molecule is Clc1ccc(C2CCCCC2)c2ncccc12. The van der Waals surface area contributed by atoms with Crippen LogP contribution in [0.3, 0.4) is 0 Å². The summed E-state index contributed by atoms with van der Waals surface area (Å²) in [5, 5.41) is 1.91. The second-order valence-corrected chi connectivity index (χ2v) is 5.28. The van der Waals surface area contributed by atoms with Gasteiger partial charge in [-0.15, -0.1) is 0 Å². The molecule has 1 fully saturated rings. The molecule has 0 N–H and O–H groups in total. The quantitative estimate of drug-likeness (QED) is 0.694. The number of fused-ring (bicyclic) bond motifs is 1. The van der Waals surface area contributed by atoms with Crippen molar-refractivity contribution in [1.29, 1.82) is 0 Å². The second kappa shape index (κ2) is 4.66. The lowest BCUT2D eigenvalue weighted by atomic mass is 9.83. The normalized spacial score (nSPS) is 17.5. The number of pyridine rings is 1. The Hall–Kier alpha value is -1.08. The molecule has 0 radical (unpaired) electrons. The van der Waals surface area contributed by atoms with Crippen LogP contribution in [0.1, 0.15) is 43.6 Å². The van der Waals surface area contributed by atoms with Gasteiger partial charge in [-0.25, -0.2) is 0 Å². The van der Waals surface area contributed by atoms with Crippen molar-refractivity contribution in [3.63, 3.8) is 0 Å². The molecular weight excluding hydrogens is 230 g/mol. The van der Waals surface area contributed by atoms with Crippen molar-refractivity contribution in [3.8, 4) is 0 Å². The van der Waals surface area contributed by atoms with Gasteiger partial charge in [-0.05, 0) is 42.5 Å². The Labute approximate surface area is 107 Å². The van der Waals surface area contributed by atoms with E-state index in [9.17, 15) is 0 Å². The summed E-state index contributed by atoms with van der Waals surface area (Å²) >= 11 is 6.23. The van der Waals surface area contributed by atoms with Crippen LogP contribution < -0.4 is 0 Å². The minimum absolute atomic E-state index is 0.679. The molecule has 1 nitrogen and oxygen atoms in total. The van der Waals surface area contributed by atoms with Gasteiger partial charge >= 0.3 is 0 Å². The smallest absolute Gasteiger partial charge is 0.0751 e. The van der Waals surface area contributed by atoms with Gasteiger partial charge in [0.1, 0.15) is 0 Å². The van der Waals surface area contributed by atoms with Gasteiger partial charge in [0, 0.05) is 16.6 Å². The Morgan fingerprint density at radius 2 is 1.88 bits per heavy atom. The number of aromatic nitrogens is 1. The van der Waals surface area contributed by atoms with E-state index in [2.05, 4.69) is 17.1 Å². The molecule has 1 aromatic carbocycles. The molecule has 1 aliphatic carbocycles. The molecule has 0 atom stereocenters. The topological polar surface area (TPSA) is 12.9 Å². The predicted octanol–water partition coefficient (Wildman–Crippen LogP) is 4.94. The molecule has 0 saturated heterocycles. The molecule has 1 aromatic heterocycles. The van der Waals surface area contributed by atoms with Crippen LogP contribution in [0.5, 0.6) is 0 Å². The molecule has 3 rings (SSSR count). The fraction of sp³-hybridized carbons (Fsp3) is 0.400. The number of rotatable bonds is 1. The van der Waals surface area contributed by atoms with Crippen LogP contribution in [0.25, 0.3) is 10.9 Å². The van der Waals surface area contributed by atoms with E-state index >= 15 is 0 Å². The summed E-state index contributed by atoms with van der Waals surface area (Å²) in [5.74, 6) is 0.679. The number of hydrogen-bond donors (Lipinski definition) is 0. The third kappa shape index (κ3) is 2.04. The summed E-state index contributed by atoms with van der Waals surface area (Å²) in [6.07, 6.45) is 8.55. The zero-order valence-corrected chi connectivity index (χ0v) is 10.6. The van der Waals surface area contributed by atoms with Gasteiger partial charge in [-0.2, -0.15) is 0 Å². The predicted molar refractivity (Wildman–Crippen MR) is 72.6 cm³/mol. The summed E-state index contributed by atoms with van der Waals surface area (Å²) in [6, 6.07) is 8.22. The van der Waals surface area contributed by atoms with Crippen molar-refractivity contribution >= 4 is 22.5 Å². The van der Waals surface area contributed by atoms with Gasteiger partial charge < -0.3 is 0 Å². The summed E-state index contributed by atoms with van der Waals surface area (Å²) in [6.45, 7) is 0. The van der Waals surface area contributed by atoms with Crippen molar-refractivity contribution in [1.82, 2.24) is 4.98 Å². The van der Waals surface area contributed by atoms with E-state index in [1.807, 2.05) is 18.3 Å². The van der Waals surface area contributed by atoms with Gasteiger partial charge in [0.05, 0.1) is 5.52 Å². The number of hydrogen-bond acceptors (Lipinski definition) is 1. The maximum atomic E-state index is 6.23. The minimum Gasteiger partial charge on any atom is -0.256 e. The van der Waals surface area contributed by atoms with Crippen molar-refractivity contribution in [2.75, 3.05) is 0 Å². The molecule has 0 amide bonds. The van der Waals surface area contributed by atoms with E-state index in [0.29, 0.717) is 5.92 Å². The molecule has 1 aliphatic rings. The zero-order chi connectivity index (χ0) is 11.7. The second-order valence-electron chi connectivity index (χ2n) is 4.87. The largest absolute Gasteiger partial charge is 0.256 e. The number of benzene rings is 1. The number of nitrogens with zero attached hydrogens (tertiary/aromatic N) is 1. The summed E-state index contributed by atoms with van der Waals surface area (Å²) in [7, 11) is 0. The van der Waals surface area contributed by atoms with Crippen LogP contribution in [0.2, 0.25) is 5.02 Å². The Kier molecular flexibility index (Phi) is 3.02. The van der Waals surface area contributed by atoms with Crippen LogP contribution in [0, 0.1) is 0 Å². The molecule has 17 heavy (non-hydrogen) atoms. The first-order valence-corrected chi connectivity index (χ1v) is 6.77. The molecule has 88 valence electrons. The molecular formula is C15H16ClN. The van der Waals surface area contributed by atoms with Gasteiger partial charge in [0.2, 0.25) is 0 Å².